The number of benzene rings is 1. The van der Waals surface area contributed by atoms with E-state index >= 15 is 0 Å². The number of anilines is 1. The molecule has 0 bridgehead atoms. The Labute approximate surface area is 170 Å². The van der Waals surface area contributed by atoms with Gasteiger partial charge in [0.05, 0.1) is 11.6 Å². The first-order valence-corrected chi connectivity index (χ1v) is 10.2. The van der Waals surface area contributed by atoms with Crippen LogP contribution in [0.25, 0.3) is 10.9 Å². The minimum absolute atomic E-state index is 0.148. The van der Waals surface area contributed by atoms with Gasteiger partial charge in [0.25, 0.3) is 0 Å². The number of piperidine rings is 1. The molecular weight excluding hydrogens is 370 g/mol. The highest BCUT2D eigenvalue weighted by Crippen LogP contribution is 2.35. The van der Waals surface area contributed by atoms with Gasteiger partial charge in [-0.1, -0.05) is 6.07 Å². The molecule has 2 aliphatic heterocycles. The highest BCUT2D eigenvalue weighted by atomic mass is 16.5. The van der Waals surface area contributed by atoms with Gasteiger partial charge in [-0.05, 0) is 44.5 Å². The zero-order valence-electron chi connectivity index (χ0n) is 17.5. The smallest absolute Gasteiger partial charge is 0.329 e. The van der Waals surface area contributed by atoms with Crippen molar-refractivity contribution in [2.24, 2.45) is 7.05 Å². The average Bonchev–Trinajstić information content (AvgIpc) is 3.03. The van der Waals surface area contributed by atoms with Crippen molar-refractivity contribution >= 4 is 28.7 Å². The summed E-state index contributed by atoms with van der Waals surface area (Å²) in [5, 5.41) is 7.86. The number of ether oxygens (including phenoxy) is 1. The lowest BCUT2D eigenvalue weighted by Gasteiger charge is -2.40. The van der Waals surface area contributed by atoms with Crippen molar-refractivity contribution in [3.8, 4) is 0 Å². The van der Waals surface area contributed by atoms with Crippen LogP contribution in [0.2, 0.25) is 0 Å². The van der Waals surface area contributed by atoms with E-state index in [2.05, 4.69) is 41.3 Å². The third-order valence-corrected chi connectivity index (χ3v) is 6.22. The van der Waals surface area contributed by atoms with E-state index in [1.165, 1.54) is 5.56 Å². The lowest BCUT2D eigenvalue weighted by molar-refractivity contribution is -0.120. The monoisotopic (exact) mass is 399 g/mol. The Hall–Kier alpha value is -2.45. The normalized spacial score (nSPS) is 23.8. The van der Waals surface area contributed by atoms with Crippen LogP contribution in [0, 0.1) is 0 Å². The summed E-state index contributed by atoms with van der Waals surface area (Å²) in [4.78, 5) is 27.7. The molecule has 0 radical (unpaired) electrons. The van der Waals surface area contributed by atoms with Crippen molar-refractivity contribution in [3.05, 3.63) is 23.8 Å². The lowest BCUT2D eigenvalue weighted by atomic mass is 9.86. The molecule has 2 atom stereocenters. The Bertz CT molecular complexity index is 938. The summed E-state index contributed by atoms with van der Waals surface area (Å²) in [7, 11) is 3.68. The maximum Gasteiger partial charge on any atom is 0.329 e. The number of fused-ring (bicyclic) bond motifs is 1. The molecule has 3 amide bonds. The first kappa shape index (κ1) is 19.8. The van der Waals surface area contributed by atoms with Gasteiger partial charge in [0.1, 0.15) is 0 Å². The first-order valence-electron chi connectivity index (χ1n) is 10.2. The SMILES string of the molecule is COC1CN(C(C)C)CCC1c1ccc2c(N3CCC(=O)NC3=O)nn(C)c2c1. The second-order valence-corrected chi connectivity index (χ2v) is 8.24. The van der Waals surface area contributed by atoms with Gasteiger partial charge in [-0.15, -0.1) is 0 Å². The highest BCUT2D eigenvalue weighted by Gasteiger charge is 2.32. The molecule has 1 aromatic carbocycles. The van der Waals surface area contributed by atoms with Gasteiger partial charge in [0.15, 0.2) is 5.82 Å². The van der Waals surface area contributed by atoms with E-state index in [9.17, 15) is 9.59 Å². The molecule has 1 N–H and O–H groups in total. The molecule has 156 valence electrons. The molecule has 0 aliphatic carbocycles. The number of hydrogen-bond donors (Lipinski definition) is 1. The van der Waals surface area contributed by atoms with Crippen LogP contribution in [0.1, 0.15) is 38.2 Å². The number of aromatic nitrogens is 2. The summed E-state index contributed by atoms with van der Waals surface area (Å²) in [6, 6.07) is 6.44. The predicted octanol–water partition coefficient (Wildman–Crippen LogP) is 2.23. The van der Waals surface area contributed by atoms with Crippen molar-refractivity contribution in [3.63, 3.8) is 0 Å². The number of likely N-dealkylation sites (tertiary alicyclic amines) is 1. The number of amides is 3. The molecule has 2 unspecified atom stereocenters. The largest absolute Gasteiger partial charge is 0.379 e. The molecule has 2 fully saturated rings. The van der Waals surface area contributed by atoms with Gasteiger partial charge in [-0.3, -0.25) is 24.6 Å². The Kier molecular flexibility index (Phi) is 5.31. The van der Waals surface area contributed by atoms with Gasteiger partial charge >= 0.3 is 6.03 Å². The molecule has 0 saturated carbocycles. The highest BCUT2D eigenvalue weighted by molar-refractivity contribution is 6.08. The van der Waals surface area contributed by atoms with E-state index in [1.54, 1.807) is 12.0 Å². The fourth-order valence-corrected chi connectivity index (χ4v) is 4.48. The molecule has 0 spiro atoms. The molecule has 8 heteroatoms. The Morgan fingerprint density at radius 2 is 2.03 bits per heavy atom. The van der Waals surface area contributed by atoms with E-state index in [0.29, 0.717) is 24.3 Å². The minimum atomic E-state index is -0.411. The molecule has 3 heterocycles. The minimum Gasteiger partial charge on any atom is -0.379 e. The van der Waals surface area contributed by atoms with Gasteiger partial charge < -0.3 is 4.74 Å². The number of rotatable bonds is 4. The summed E-state index contributed by atoms with van der Waals surface area (Å²) >= 11 is 0. The van der Waals surface area contributed by atoms with Crippen LogP contribution in [0.5, 0.6) is 0 Å². The zero-order chi connectivity index (χ0) is 20.7. The predicted molar refractivity (Wildman–Crippen MR) is 111 cm³/mol. The van der Waals surface area contributed by atoms with E-state index in [4.69, 9.17) is 4.74 Å². The number of imide groups is 1. The zero-order valence-corrected chi connectivity index (χ0v) is 17.5. The molecule has 29 heavy (non-hydrogen) atoms. The topological polar surface area (TPSA) is 79.7 Å². The molecule has 2 aliphatic rings. The molecule has 2 aromatic rings. The Balaban J connectivity index is 1.64. The quantitative estimate of drug-likeness (QED) is 0.853. The van der Waals surface area contributed by atoms with Gasteiger partial charge in [-0.2, -0.15) is 5.10 Å². The summed E-state index contributed by atoms with van der Waals surface area (Å²) in [5.74, 6) is 0.678. The number of carbonyl (C=O) groups is 2. The number of nitrogens with one attached hydrogen (secondary N) is 1. The van der Waals surface area contributed by atoms with Crippen LogP contribution in [-0.2, 0) is 16.6 Å². The van der Waals surface area contributed by atoms with Crippen LogP contribution in [0.3, 0.4) is 0 Å². The molecule has 8 nitrogen and oxygen atoms in total. The van der Waals surface area contributed by atoms with Crippen LogP contribution in [0.4, 0.5) is 10.6 Å². The Morgan fingerprint density at radius 1 is 1.24 bits per heavy atom. The summed E-state index contributed by atoms with van der Waals surface area (Å²) in [6.07, 6.45) is 1.48. The van der Waals surface area contributed by atoms with Crippen molar-refractivity contribution in [2.45, 2.75) is 44.8 Å². The summed E-state index contributed by atoms with van der Waals surface area (Å²) in [5.41, 5.74) is 2.21. The van der Waals surface area contributed by atoms with Crippen molar-refractivity contribution in [1.82, 2.24) is 20.0 Å². The number of aryl methyl sites for hydroxylation is 1. The maximum atomic E-state index is 12.3. The van der Waals surface area contributed by atoms with Crippen LogP contribution in [0.15, 0.2) is 18.2 Å². The van der Waals surface area contributed by atoms with Crippen molar-refractivity contribution < 1.29 is 14.3 Å². The second kappa shape index (κ2) is 7.76. The molecule has 1 aromatic heterocycles. The Morgan fingerprint density at radius 3 is 2.72 bits per heavy atom. The number of nitrogens with zero attached hydrogens (tertiary/aromatic N) is 4. The third kappa shape index (κ3) is 3.62. The third-order valence-electron chi connectivity index (χ3n) is 6.22. The van der Waals surface area contributed by atoms with E-state index in [1.807, 2.05) is 17.8 Å². The van der Waals surface area contributed by atoms with Gasteiger partial charge in [0.2, 0.25) is 5.91 Å². The summed E-state index contributed by atoms with van der Waals surface area (Å²) in [6.45, 7) is 6.77. The van der Waals surface area contributed by atoms with Crippen LogP contribution >= 0.6 is 0 Å². The summed E-state index contributed by atoms with van der Waals surface area (Å²) < 4.78 is 7.66. The van der Waals surface area contributed by atoms with Crippen LogP contribution < -0.4 is 10.2 Å². The molecule has 4 rings (SSSR count). The average molecular weight is 399 g/mol. The number of urea groups is 1. The fourth-order valence-electron chi connectivity index (χ4n) is 4.48. The van der Waals surface area contributed by atoms with Gasteiger partial charge in [-0.25, -0.2) is 4.79 Å². The first-order chi connectivity index (χ1) is 13.9. The fraction of sp³-hybridized carbons (Fsp3) is 0.571. The van der Waals surface area contributed by atoms with Crippen molar-refractivity contribution in [2.75, 3.05) is 31.6 Å². The lowest BCUT2D eigenvalue weighted by Crippen LogP contribution is -2.49. The second-order valence-electron chi connectivity index (χ2n) is 8.24. The van der Waals surface area contributed by atoms with E-state index in [-0.39, 0.29) is 18.4 Å². The maximum absolute atomic E-state index is 12.3. The van der Waals surface area contributed by atoms with Crippen LogP contribution in [-0.4, -0.2) is 65.5 Å². The number of methoxy groups -OCH3 is 1. The number of carbonyl (C=O) groups excluding carboxylic acids is 2. The van der Waals surface area contributed by atoms with Gasteiger partial charge in [0, 0.05) is 51.0 Å². The number of hydrogen-bond acceptors (Lipinski definition) is 5. The van der Waals surface area contributed by atoms with E-state index < -0.39 is 6.03 Å². The molecular formula is C21H29N5O3. The standard InChI is InChI=1S/C21H29N5O3/c1-13(2)25-9-7-15(18(12-25)29-4)14-5-6-16-17(11-14)24(3)23-20(16)26-10-8-19(27)22-21(26)28/h5-6,11,13,15,18H,7-10,12H2,1-4H3,(H,22,27,28). The molecule has 2 saturated heterocycles. The van der Waals surface area contributed by atoms with Crippen molar-refractivity contribution in [1.29, 1.82) is 0 Å². The van der Waals surface area contributed by atoms with E-state index in [0.717, 1.165) is 30.4 Å².